The molecule has 7 nitrogen and oxygen atoms in total. The first-order chi connectivity index (χ1) is 12.6. The molecule has 2 amide bonds. The maximum absolute atomic E-state index is 12.0. The van der Waals surface area contributed by atoms with Gasteiger partial charge in [-0.3, -0.25) is 14.6 Å². The first-order valence-electron chi connectivity index (χ1n) is 9.30. The number of guanidine groups is 1. The Kier molecular flexibility index (Phi) is 8.78. The predicted octanol–water partition coefficient (Wildman–Crippen LogP) is 2.25. The highest BCUT2D eigenvalue weighted by Gasteiger charge is 2.14. The van der Waals surface area contributed by atoms with Crippen LogP contribution in [0.2, 0.25) is 0 Å². The number of nitrogens with zero attached hydrogens (tertiary/aromatic N) is 1. The van der Waals surface area contributed by atoms with Gasteiger partial charge in [-0.25, -0.2) is 0 Å². The summed E-state index contributed by atoms with van der Waals surface area (Å²) in [4.78, 5) is 28.0. The Bertz CT molecular complexity index is 665. The SMILES string of the molecule is CCC(C)C(=O)Nc1cccc(CNC(=NC)NCC(=O)NC(C)(C)C)c1. The molecule has 1 atom stereocenters. The average molecular weight is 376 g/mol. The van der Waals surface area contributed by atoms with Crippen LogP contribution in [0.4, 0.5) is 5.69 Å². The van der Waals surface area contributed by atoms with E-state index in [1.165, 1.54) is 0 Å². The van der Waals surface area contributed by atoms with Gasteiger partial charge in [0.25, 0.3) is 0 Å². The summed E-state index contributed by atoms with van der Waals surface area (Å²) in [5.41, 5.74) is 1.50. The lowest BCUT2D eigenvalue weighted by molar-refractivity contribution is -0.121. The van der Waals surface area contributed by atoms with Crippen LogP contribution in [-0.4, -0.2) is 36.9 Å². The van der Waals surface area contributed by atoms with E-state index in [9.17, 15) is 9.59 Å². The fourth-order valence-electron chi connectivity index (χ4n) is 2.24. The Morgan fingerprint density at radius 1 is 1.19 bits per heavy atom. The quantitative estimate of drug-likeness (QED) is 0.434. The van der Waals surface area contributed by atoms with Gasteiger partial charge in [0.15, 0.2) is 5.96 Å². The maximum Gasteiger partial charge on any atom is 0.239 e. The number of carbonyl (C=O) groups excluding carboxylic acids is 2. The van der Waals surface area contributed by atoms with Crippen molar-refractivity contribution in [3.63, 3.8) is 0 Å². The van der Waals surface area contributed by atoms with E-state index in [1.807, 2.05) is 58.9 Å². The molecule has 1 rings (SSSR count). The number of amides is 2. The van der Waals surface area contributed by atoms with Crippen LogP contribution in [0.5, 0.6) is 0 Å². The molecular weight excluding hydrogens is 342 g/mol. The van der Waals surface area contributed by atoms with E-state index < -0.39 is 0 Å². The van der Waals surface area contributed by atoms with Crippen LogP contribution in [0.25, 0.3) is 0 Å². The molecule has 0 heterocycles. The summed E-state index contributed by atoms with van der Waals surface area (Å²) in [6, 6.07) is 7.66. The van der Waals surface area contributed by atoms with Crippen molar-refractivity contribution < 1.29 is 9.59 Å². The van der Waals surface area contributed by atoms with Crippen molar-refractivity contribution in [2.75, 3.05) is 18.9 Å². The molecule has 0 radical (unpaired) electrons. The summed E-state index contributed by atoms with van der Waals surface area (Å²) in [5, 5.41) is 12.0. The van der Waals surface area contributed by atoms with E-state index in [4.69, 9.17) is 0 Å². The molecule has 4 N–H and O–H groups in total. The first kappa shape index (κ1) is 22.5. The number of hydrogen-bond acceptors (Lipinski definition) is 3. The largest absolute Gasteiger partial charge is 0.352 e. The minimum absolute atomic E-state index is 0.0185. The van der Waals surface area contributed by atoms with Crippen molar-refractivity contribution in [2.45, 2.75) is 53.1 Å². The third kappa shape index (κ3) is 9.08. The molecule has 27 heavy (non-hydrogen) atoms. The molecule has 0 aliphatic heterocycles. The van der Waals surface area contributed by atoms with Gasteiger partial charge in [-0.2, -0.15) is 0 Å². The molecule has 1 aromatic rings. The van der Waals surface area contributed by atoms with Gasteiger partial charge in [0.05, 0.1) is 6.54 Å². The summed E-state index contributed by atoms with van der Waals surface area (Å²) in [7, 11) is 1.65. The topological polar surface area (TPSA) is 94.6 Å². The standard InChI is InChI=1S/C20H33N5O2/c1-7-14(2)18(27)24-16-10-8-9-15(11-16)12-22-19(21-6)23-13-17(26)25-20(3,4)5/h8-11,14H,7,12-13H2,1-6H3,(H,24,27)(H,25,26)(H2,21,22,23). The van der Waals surface area contributed by atoms with Gasteiger partial charge in [0.2, 0.25) is 11.8 Å². The Hall–Kier alpha value is -2.57. The van der Waals surface area contributed by atoms with Gasteiger partial charge in [-0.1, -0.05) is 26.0 Å². The Balaban J connectivity index is 2.54. The van der Waals surface area contributed by atoms with Crippen LogP contribution in [0.1, 0.15) is 46.6 Å². The summed E-state index contributed by atoms with van der Waals surface area (Å²) in [6.45, 7) is 10.4. The predicted molar refractivity (Wildman–Crippen MR) is 111 cm³/mol. The molecule has 0 aliphatic rings. The minimum Gasteiger partial charge on any atom is -0.352 e. The number of hydrogen-bond donors (Lipinski definition) is 4. The number of rotatable bonds is 7. The molecule has 0 bridgehead atoms. The first-order valence-corrected chi connectivity index (χ1v) is 9.30. The second kappa shape index (κ2) is 10.5. The van der Waals surface area contributed by atoms with E-state index in [0.717, 1.165) is 17.7 Å². The second-order valence-electron chi connectivity index (χ2n) is 7.58. The molecule has 150 valence electrons. The van der Waals surface area contributed by atoms with Crippen LogP contribution in [-0.2, 0) is 16.1 Å². The van der Waals surface area contributed by atoms with Crippen LogP contribution in [0.3, 0.4) is 0 Å². The van der Waals surface area contributed by atoms with E-state index in [1.54, 1.807) is 7.05 Å². The van der Waals surface area contributed by atoms with Crippen molar-refractivity contribution in [3.8, 4) is 0 Å². The molecule has 0 spiro atoms. The average Bonchev–Trinajstić information content (AvgIpc) is 2.60. The van der Waals surface area contributed by atoms with Crippen molar-refractivity contribution in [3.05, 3.63) is 29.8 Å². The van der Waals surface area contributed by atoms with Crippen molar-refractivity contribution in [1.29, 1.82) is 0 Å². The number of aliphatic imine (C=N–C) groups is 1. The number of nitrogens with one attached hydrogen (secondary N) is 4. The van der Waals surface area contributed by atoms with Crippen LogP contribution in [0.15, 0.2) is 29.3 Å². The Morgan fingerprint density at radius 2 is 1.89 bits per heavy atom. The van der Waals surface area contributed by atoms with Crippen molar-refractivity contribution >= 4 is 23.5 Å². The van der Waals surface area contributed by atoms with Gasteiger partial charge >= 0.3 is 0 Å². The van der Waals surface area contributed by atoms with E-state index >= 15 is 0 Å². The zero-order valence-electron chi connectivity index (χ0n) is 17.3. The molecule has 1 unspecified atom stereocenters. The van der Waals surface area contributed by atoms with E-state index in [0.29, 0.717) is 12.5 Å². The molecule has 7 heteroatoms. The zero-order valence-corrected chi connectivity index (χ0v) is 17.3. The summed E-state index contributed by atoms with van der Waals surface area (Å²) >= 11 is 0. The van der Waals surface area contributed by atoms with Gasteiger partial charge in [0.1, 0.15) is 0 Å². The fraction of sp³-hybridized carbons (Fsp3) is 0.550. The minimum atomic E-state index is -0.268. The number of benzene rings is 1. The third-order valence-corrected chi connectivity index (χ3v) is 3.87. The van der Waals surface area contributed by atoms with Gasteiger partial charge in [0, 0.05) is 30.7 Å². The smallest absolute Gasteiger partial charge is 0.239 e. The highest BCUT2D eigenvalue weighted by atomic mass is 16.2. The highest BCUT2D eigenvalue weighted by Crippen LogP contribution is 2.13. The lowest BCUT2D eigenvalue weighted by atomic mass is 10.1. The zero-order chi connectivity index (χ0) is 20.4. The molecular formula is C20H33N5O2. The van der Waals surface area contributed by atoms with Crippen LogP contribution < -0.4 is 21.3 Å². The highest BCUT2D eigenvalue weighted by molar-refractivity contribution is 5.92. The van der Waals surface area contributed by atoms with Gasteiger partial charge in [-0.05, 0) is 44.9 Å². The Morgan fingerprint density at radius 3 is 2.48 bits per heavy atom. The van der Waals surface area contributed by atoms with Crippen LogP contribution in [0, 0.1) is 5.92 Å². The molecule has 1 aromatic carbocycles. The van der Waals surface area contributed by atoms with Gasteiger partial charge < -0.3 is 21.3 Å². The van der Waals surface area contributed by atoms with E-state index in [-0.39, 0.29) is 29.8 Å². The number of anilines is 1. The monoisotopic (exact) mass is 375 g/mol. The van der Waals surface area contributed by atoms with E-state index in [2.05, 4.69) is 26.3 Å². The molecule has 0 aromatic heterocycles. The fourth-order valence-corrected chi connectivity index (χ4v) is 2.24. The lowest BCUT2D eigenvalue weighted by Crippen LogP contribution is -2.48. The van der Waals surface area contributed by atoms with Crippen molar-refractivity contribution in [2.24, 2.45) is 10.9 Å². The Labute approximate surface area is 162 Å². The third-order valence-electron chi connectivity index (χ3n) is 3.87. The number of carbonyl (C=O) groups is 2. The summed E-state index contributed by atoms with van der Waals surface area (Å²) in [5.74, 6) is 0.437. The summed E-state index contributed by atoms with van der Waals surface area (Å²) in [6.07, 6.45) is 0.803. The molecule has 0 saturated carbocycles. The van der Waals surface area contributed by atoms with Crippen molar-refractivity contribution in [1.82, 2.24) is 16.0 Å². The second-order valence-corrected chi connectivity index (χ2v) is 7.58. The molecule has 0 fully saturated rings. The lowest BCUT2D eigenvalue weighted by Gasteiger charge is -2.21. The molecule has 0 aliphatic carbocycles. The molecule has 0 saturated heterocycles. The van der Waals surface area contributed by atoms with Gasteiger partial charge in [-0.15, -0.1) is 0 Å². The maximum atomic E-state index is 12.0. The van der Waals surface area contributed by atoms with Crippen LogP contribution >= 0.6 is 0 Å². The normalized spacial score (nSPS) is 12.9. The summed E-state index contributed by atoms with van der Waals surface area (Å²) < 4.78 is 0.